The van der Waals surface area contributed by atoms with E-state index >= 15 is 0 Å². The van der Waals surface area contributed by atoms with E-state index in [4.69, 9.17) is 5.73 Å². The number of nitrogens with two attached hydrogens (primary N) is 1. The van der Waals surface area contributed by atoms with Crippen LogP contribution in [0.3, 0.4) is 0 Å². The van der Waals surface area contributed by atoms with Crippen LogP contribution in [0.2, 0.25) is 0 Å². The van der Waals surface area contributed by atoms with Crippen LogP contribution in [0.5, 0.6) is 0 Å². The summed E-state index contributed by atoms with van der Waals surface area (Å²) >= 11 is 3.57. The zero-order valence-corrected chi connectivity index (χ0v) is 10.9. The summed E-state index contributed by atoms with van der Waals surface area (Å²) in [6.07, 6.45) is 3.74. The van der Waals surface area contributed by atoms with Crippen LogP contribution in [-0.2, 0) is 0 Å². The quantitative estimate of drug-likeness (QED) is 0.919. The summed E-state index contributed by atoms with van der Waals surface area (Å²) < 4.78 is 3.07. The van der Waals surface area contributed by atoms with Crippen molar-refractivity contribution in [3.63, 3.8) is 0 Å². The minimum absolute atomic E-state index is 0.0502. The van der Waals surface area contributed by atoms with E-state index in [0.717, 1.165) is 21.5 Å². The van der Waals surface area contributed by atoms with Crippen molar-refractivity contribution in [2.24, 2.45) is 5.73 Å². The summed E-state index contributed by atoms with van der Waals surface area (Å²) in [5, 5.41) is 0. The van der Waals surface area contributed by atoms with Crippen LogP contribution < -0.4 is 5.73 Å². The van der Waals surface area contributed by atoms with E-state index in [2.05, 4.69) is 33.0 Å². The van der Waals surface area contributed by atoms with Gasteiger partial charge in [-0.1, -0.05) is 6.07 Å². The van der Waals surface area contributed by atoms with Gasteiger partial charge >= 0.3 is 0 Å². The molecule has 0 amide bonds. The van der Waals surface area contributed by atoms with E-state index in [9.17, 15) is 0 Å². The molecule has 3 nitrogen and oxygen atoms in total. The van der Waals surface area contributed by atoms with Crippen molar-refractivity contribution in [1.82, 2.24) is 9.55 Å². The molecule has 1 aromatic heterocycles. The standard InChI is InChI=1S/C12H14BrN3/c1-8(14)10-3-4-12(11(13)7-10)16-6-5-15-9(16)2/h3-8H,14H2,1-2H3/t8-/m0/s1. The fourth-order valence-electron chi connectivity index (χ4n) is 1.63. The van der Waals surface area contributed by atoms with Crippen LogP contribution in [0.15, 0.2) is 35.1 Å². The van der Waals surface area contributed by atoms with Gasteiger partial charge in [0.25, 0.3) is 0 Å². The highest BCUT2D eigenvalue weighted by atomic mass is 79.9. The average Bonchev–Trinajstić information content (AvgIpc) is 2.64. The summed E-state index contributed by atoms with van der Waals surface area (Å²) in [6.45, 7) is 3.95. The van der Waals surface area contributed by atoms with Crippen molar-refractivity contribution in [3.8, 4) is 5.69 Å². The average molecular weight is 280 g/mol. The highest BCUT2D eigenvalue weighted by Crippen LogP contribution is 2.25. The maximum atomic E-state index is 5.84. The Labute approximate surface area is 103 Å². The van der Waals surface area contributed by atoms with Gasteiger partial charge in [-0.3, -0.25) is 0 Å². The molecule has 16 heavy (non-hydrogen) atoms. The third kappa shape index (κ3) is 2.03. The Balaban J connectivity index is 2.48. The van der Waals surface area contributed by atoms with E-state index in [1.807, 2.05) is 30.7 Å². The number of halogens is 1. The highest BCUT2D eigenvalue weighted by Gasteiger charge is 2.07. The predicted molar refractivity (Wildman–Crippen MR) is 68.6 cm³/mol. The normalized spacial score (nSPS) is 12.8. The van der Waals surface area contributed by atoms with Crippen LogP contribution in [-0.4, -0.2) is 9.55 Å². The molecular weight excluding hydrogens is 266 g/mol. The smallest absolute Gasteiger partial charge is 0.110 e. The lowest BCUT2D eigenvalue weighted by atomic mass is 10.1. The second-order valence-electron chi connectivity index (χ2n) is 3.84. The fourth-order valence-corrected chi connectivity index (χ4v) is 2.22. The predicted octanol–water partition coefficient (Wildman–Crippen LogP) is 2.96. The monoisotopic (exact) mass is 279 g/mol. The van der Waals surface area contributed by atoms with Gasteiger partial charge in [0.1, 0.15) is 5.82 Å². The van der Waals surface area contributed by atoms with Gasteiger partial charge < -0.3 is 10.3 Å². The van der Waals surface area contributed by atoms with Crippen LogP contribution >= 0.6 is 15.9 Å². The van der Waals surface area contributed by atoms with E-state index < -0.39 is 0 Å². The van der Waals surface area contributed by atoms with Gasteiger partial charge in [0.2, 0.25) is 0 Å². The molecule has 4 heteroatoms. The number of hydrogen-bond acceptors (Lipinski definition) is 2. The lowest BCUT2D eigenvalue weighted by Gasteiger charge is -2.11. The molecular formula is C12H14BrN3. The van der Waals surface area contributed by atoms with Gasteiger partial charge in [-0.05, 0) is 47.5 Å². The largest absolute Gasteiger partial charge is 0.324 e. The molecule has 0 aliphatic rings. The molecule has 1 heterocycles. The molecule has 84 valence electrons. The molecule has 0 saturated carbocycles. The maximum absolute atomic E-state index is 5.84. The van der Waals surface area contributed by atoms with Crippen molar-refractivity contribution < 1.29 is 0 Å². The Morgan fingerprint density at radius 1 is 1.44 bits per heavy atom. The third-order valence-electron chi connectivity index (χ3n) is 2.58. The van der Waals surface area contributed by atoms with Crippen LogP contribution in [0.4, 0.5) is 0 Å². The third-order valence-corrected chi connectivity index (χ3v) is 3.22. The first-order valence-electron chi connectivity index (χ1n) is 5.15. The van der Waals surface area contributed by atoms with Crippen LogP contribution in [0, 0.1) is 6.92 Å². The van der Waals surface area contributed by atoms with Gasteiger partial charge in [-0.25, -0.2) is 4.98 Å². The zero-order chi connectivity index (χ0) is 11.7. The Morgan fingerprint density at radius 2 is 2.19 bits per heavy atom. The molecule has 0 fully saturated rings. The van der Waals surface area contributed by atoms with Crippen molar-refractivity contribution >= 4 is 15.9 Å². The van der Waals surface area contributed by atoms with Crippen molar-refractivity contribution in [2.75, 3.05) is 0 Å². The fraction of sp³-hybridized carbons (Fsp3) is 0.250. The molecule has 1 aromatic carbocycles. The summed E-state index contributed by atoms with van der Waals surface area (Å²) in [5.41, 5.74) is 8.04. The number of benzene rings is 1. The lowest BCUT2D eigenvalue weighted by molar-refractivity contribution is 0.815. The summed E-state index contributed by atoms with van der Waals surface area (Å²) in [5.74, 6) is 0.967. The minimum atomic E-state index is 0.0502. The summed E-state index contributed by atoms with van der Waals surface area (Å²) in [7, 11) is 0. The molecule has 2 rings (SSSR count). The first-order valence-corrected chi connectivity index (χ1v) is 5.94. The van der Waals surface area contributed by atoms with Gasteiger partial charge in [0, 0.05) is 22.9 Å². The van der Waals surface area contributed by atoms with Crippen molar-refractivity contribution in [2.45, 2.75) is 19.9 Å². The van der Waals surface area contributed by atoms with Gasteiger partial charge in [0.05, 0.1) is 5.69 Å². The second kappa shape index (κ2) is 4.39. The van der Waals surface area contributed by atoms with E-state index in [-0.39, 0.29) is 6.04 Å². The topological polar surface area (TPSA) is 43.8 Å². The molecule has 0 saturated heterocycles. The zero-order valence-electron chi connectivity index (χ0n) is 9.31. The number of aryl methyl sites for hydroxylation is 1. The van der Waals surface area contributed by atoms with Crippen LogP contribution in [0.25, 0.3) is 5.69 Å². The number of rotatable bonds is 2. The highest BCUT2D eigenvalue weighted by molar-refractivity contribution is 9.10. The first kappa shape index (κ1) is 11.4. The lowest BCUT2D eigenvalue weighted by Crippen LogP contribution is -2.05. The van der Waals surface area contributed by atoms with Gasteiger partial charge in [-0.15, -0.1) is 0 Å². The van der Waals surface area contributed by atoms with Crippen molar-refractivity contribution in [1.29, 1.82) is 0 Å². The first-order chi connectivity index (χ1) is 7.59. The second-order valence-corrected chi connectivity index (χ2v) is 4.70. The Bertz CT molecular complexity index is 503. The van der Waals surface area contributed by atoms with E-state index in [1.165, 1.54) is 0 Å². The number of aromatic nitrogens is 2. The molecule has 0 aliphatic carbocycles. The van der Waals surface area contributed by atoms with E-state index in [1.54, 1.807) is 6.20 Å². The van der Waals surface area contributed by atoms with Crippen LogP contribution in [0.1, 0.15) is 24.4 Å². The number of imidazole rings is 1. The molecule has 0 aliphatic heterocycles. The Morgan fingerprint density at radius 3 is 2.69 bits per heavy atom. The molecule has 0 unspecified atom stereocenters. The molecule has 0 bridgehead atoms. The van der Waals surface area contributed by atoms with Gasteiger partial charge in [0.15, 0.2) is 0 Å². The van der Waals surface area contributed by atoms with E-state index in [0.29, 0.717) is 0 Å². The minimum Gasteiger partial charge on any atom is -0.324 e. The number of nitrogens with zero attached hydrogens (tertiary/aromatic N) is 2. The molecule has 1 atom stereocenters. The maximum Gasteiger partial charge on any atom is 0.110 e. The van der Waals surface area contributed by atoms with Crippen molar-refractivity contribution in [3.05, 3.63) is 46.5 Å². The summed E-state index contributed by atoms with van der Waals surface area (Å²) in [6, 6.07) is 6.20. The SMILES string of the molecule is Cc1nccn1-c1ccc([C@H](C)N)cc1Br. The molecule has 2 aromatic rings. The summed E-state index contributed by atoms with van der Waals surface area (Å²) in [4.78, 5) is 4.21. The van der Waals surface area contributed by atoms with Gasteiger partial charge in [-0.2, -0.15) is 0 Å². The molecule has 2 N–H and O–H groups in total. The Hall–Kier alpha value is -1.13. The molecule has 0 spiro atoms. The Kier molecular flexibility index (Phi) is 3.12. The molecule has 0 radical (unpaired) electrons. The number of hydrogen-bond donors (Lipinski definition) is 1.